The van der Waals surface area contributed by atoms with Gasteiger partial charge >= 0.3 is 0 Å². The van der Waals surface area contributed by atoms with Crippen molar-refractivity contribution in [2.45, 2.75) is 55.3 Å². The van der Waals surface area contributed by atoms with E-state index in [1.807, 2.05) is 13.1 Å². The predicted molar refractivity (Wildman–Crippen MR) is 78.9 cm³/mol. The molecule has 19 heavy (non-hydrogen) atoms. The average molecular weight is 302 g/mol. The van der Waals surface area contributed by atoms with Crippen LogP contribution in [0.25, 0.3) is 0 Å². The molecular weight excluding hydrogens is 280 g/mol. The number of rotatable bonds is 5. The highest BCUT2D eigenvalue weighted by molar-refractivity contribution is 7.91. The third-order valence-corrected chi connectivity index (χ3v) is 6.53. The largest absolute Gasteiger partial charge is 0.315 e. The van der Waals surface area contributed by atoms with Gasteiger partial charge < -0.3 is 5.32 Å². The molecule has 1 aromatic rings. The first-order valence-corrected chi connectivity index (χ1v) is 9.17. The molecule has 0 aromatic carbocycles. The maximum Gasteiger partial charge on any atom is 0.250 e. The smallest absolute Gasteiger partial charge is 0.250 e. The summed E-state index contributed by atoms with van der Waals surface area (Å²) in [7, 11) is -1.47. The first-order chi connectivity index (χ1) is 9.12. The van der Waals surface area contributed by atoms with Gasteiger partial charge in [0.2, 0.25) is 10.0 Å². The molecule has 2 N–H and O–H groups in total. The van der Waals surface area contributed by atoms with Crippen LogP contribution in [0.4, 0.5) is 0 Å². The summed E-state index contributed by atoms with van der Waals surface area (Å²) in [6.45, 7) is 0.712. The van der Waals surface area contributed by atoms with E-state index in [1.54, 1.807) is 6.07 Å². The molecule has 0 atom stereocenters. The molecule has 6 heteroatoms. The Hall–Kier alpha value is -0.430. The summed E-state index contributed by atoms with van der Waals surface area (Å²) in [6.07, 6.45) is 6.64. The predicted octanol–water partition coefficient (Wildman–Crippen LogP) is 2.47. The van der Waals surface area contributed by atoms with Crippen molar-refractivity contribution in [2.75, 3.05) is 7.05 Å². The number of nitrogens with one attached hydrogen (secondary N) is 2. The van der Waals surface area contributed by atoms with Crippen LogP contribution in [0.5, 0.6) is 0 Å². The molecule has 0 radical (unpaired) electrons. The van der Waals surface area contributed by atoms with Crippen LogP contribution < -0.4 is 10.0 Å². The van der Waals surface area contributed by atoms with Gasteiger partial charge in [0.1, 0.15) is 4.21 Å². The third kappa shape index (κ3) is 4.27. The molecule has 4 nitrogen and oxygen atoms in total. The molecule has 108 valence electrons. The van der Waals surface area contributed by atoms with Crippen LogP contribution in [-0.2, 0) is 16.6 Å². The second kappa shape index (κ2) is 6.83. The van der Waals surface area contributed by atoms with E-state index in [0.717, 1.165) is 30.6 Å². The van der Waals surface area contributed by atoms with Gasteiger partial charge in [0.05, 0.1) is 0 Å². The topological polar surface area (TPSA) is 58.2 Å². The highest BCUT2D eigenvalue weighted by Crippen LogP contribution is 2.24. The number of hydrogen-bond donors (Lipinski definition) is 2. The third-order valence-electron chi connectivity index (χ3n) is 3.43. The van der Waals surface area contributed by atoms with Crippen molar-refractivity contribution in [3.8, 4) is 0 Å². The normalized spacial score (nSPS) is 18.4. The van der Waals surface area contributed by atoms with Crippen LogP contribution in [0.2, 0.25) is 0 Å². The summed E-state index contributed by atoms with van der Waals surface area (Å²) >= 11 is 1.35. The molecule has 0 bridgehead atoms. The van der Waals surface area contributed by atoms with Gasteiger partial charge in [-0.1, -0.05) is 25.7 Å². The van der Waals surface area contributed by atoms with Crippen molar-refractivity contribution in [1.29, 1.82) is 0 Å². The molecule has 0 saturated heterocycles. The minimum atomic E-state index is -3.33. The second-order valence-corrected chi connectivity index (χ2v) is 8.17. The lowest BCUT2D eigenvalue weighted by molar-refractivity contribution is 0.511. The fraction of sp³-hybridized carbons (Fsp3) is 0.692. The van der Waals surface area contributed by atoms with Gasteiger partial charge in [0.25, 0.3) is 0 Å². The van der Waals surface area contributed by atoms with Crippen molar-refractivity contribution in [1.82, 2.24) is 10.0 Å². The fourth-order valence-electron chi connectivity index (χ4n) is 2.45. The Bertz CT molecular complexity index is 488. The molecule has 0 amide bonds. The Balaban J connectivity index is 2.03. The van der Waals surface area contributed by atoms with E-state index in [9.17, 15) is 8.42 Å². The van der Waals surface area contributed by atoms with Gasteiger partial charge in [0, 0.05) is 17.5 Å². The van der Waals surface area contributed by atoms with Gasteiger partial charge in [-0.05, 0) is 32.0 Å². The van der Waals surface area contributed by atoms with Crippen LogP contribution >= 0.6 is 11.3 Å². The van der Waals surface area contributed by atoms with E-state index in [1.165, 1.54) is 24.2 Å². The average Bonchev–Trinajstić information content (AvgIpc) is 2.69. The Kier molecular flexibility index (Phi) is 5.38. The summed E-state index contributed by atoms with van der Waals surface area (Å²) < 4.78 is 27.9. The first kappa shape index (κ1) is 15.0. The molecule has 0 spiro atoms. The summed E-state index contributed by atoms with van der Waals surface area (Å²) in [6, 6.07) is 3.70. The molecule has 1 fully saturated rings. The minimum absolute atomic E-state index is 0.113. The van der Waals surface area contributed by atoms with Crippen LogP contribution in [-0.4, -0.2) is 21.5 Å². The molecule has 2 rings (SSSR count). The maximum absolute atomic E-state index is 12.3. The molecular formula is C13H22N2O2S2. The summed E-state index contributed by atoms with van der Waals surface area (Å²) in [5.41, 5.74) is 0. The number of hydrogen-bond acceptors (Lipinski definition) is 4. The summed E-state index contributed by atoms with van der Waals surface area (Å²) in [5, 5.41) is 3.03. The zero-order valence-electron chi connectivity index (χ0n) is 11.3. The van der Waals surface area contributed by atoms with Crippen LogP contribution in [0.1, 0.15) is 43.4 Å². The van der Waals surface area contributed by atoms with Gasteiger partial charge in [-0.3, -0.25) is 0 Å². The maximum atomic E-state index is 12.3. The Morgan fingerprint density at radius 1 is 1.21 bits per heavy atom. The zero-order chi connectivity index (χ0) is 13.7. The lowest BCUT2D eigenvalue weighted by atomic mass is 10.1. The number of thiophene rings is 1. The van der Waals surface area contributed by atoms with Gasteiger partial charge in [0.15, 0.2) is 0 Å². The quantitative estimate of drug-likeness (QED) is 0.822. The Labute approximate surface area is 119 Å². The van der Waals surface area contributed by atoms with Crippen molar-refractivity contribution >= 4 is 21.4 Å². The first-order valence-electron chi connectivity index (χ1n) is 6.87. The van der Waals surface area contributed by atoms with Crippen LogP contribution in [0.3, 0.4) is 0 Å². The van der Waals surface area contributed by atoms with Crippen molar-refractivity contribution in [3.63, 3.8) is 0 Å². The van der Waals surface area contributed by atoms with Gasteiger partial charge in [-0.2, -0.15) is 0 Å². The monoisotopic (exact) mass is 302 g/mol. The second-order valence-electron chi connectivity index (χ2n) is 5.06. The van der Waals surface area contributed by atoms with Crippen molar-refractivity contribution < 1.29 is 8.42 Å². The van der Waals surface area contributed by atoms with Crippen LogP contribution in [0.15, 0.2) is 16.3 Å². The van der Waals surface area contributed by atoms with E-state index in [4.69, 9.17) is 0 Å². The lowest BCUT2D eigenvalue weighted by Crippen LogP contribution is -2.33. The van der Waals surface area contributed by atoms with E-state index in [0.29, 0.717) is 10.8 Å². The highest BCUT2D eigenvalue weighted by atomic mass is 32.2. The standard InChI is InChI=1S/C13H22N2O2S2/c1-14-10-12-8-9-13(18-12)19(16,17)15-11-6-4-2-3-5-7-11/h8-9,11,14-15H,2-7,10H2,1H3. The molecule has 0 unspecified atom stereocenters. The Morgan fingerprint density at radius 3 is 2.53 bits per heavy atom. The SMILES string of the molecule is CNCc1ccc(S(=O)(=O)NC2CCCCCC2)s1. The van der Waals surface area contributed by atoms with E-state index >= 15 is 0 Å². The fourth-order valence-corrected chi connectivity index (χ4v) is 5.14. The summed E-state index contributed by atoms with van der Waals surface area (Å²) in [5.74, 6) is 0. The minimum Gasteiger partial charge on any atom is -0.315 e. The lowest BCUT2D eigenvalue weighted by Gasteiger charge is -2.15. The number of sulfonamides is 1. The van der Waals surface area contributed by atoms with E-state index in [-0.39, 0.29) is 6.04 Å². The molecule has 1 aliphatic rings. The summed E-state index contributed by atoms with van der Waals surface area (Å²) in [4.78, 5) is 1.05. The van der Waals surface area contributed by atoms with Gasteiger partial charge in [-0.25, -0.2) is 13.1 Å². The Morgan fingerprint density at radius 2 is 1.89 bits per heavy atom. The van der Waals surface area contributed by atoms with Crippen molar-refractivity contribution in [2.24, 2.45) is 0 Å². The molecule has 1 aromatic heterocycles. The highest BCUT2D eigenvalue weighted by Gasteiger charge is 2.22. The van der Waals surface area contributed by atoms with Gasteiger partial charge in [-0.15, -0.1) is 11.3 Å². The molecule has 1 heterocycles. The zero-order valence-corrected chi connectivity index (χ0v) is 12.9. The molecule has 1 aliphatic carbocycles. The van der Waals surface area contributed by atoms with Crippen LogP contribution in [0, 0.1) is 0 Å². The van der Waals surface area contributed by atoms with Crippen molar-refractivity contribution in [3.05, 3.63) is 17.0 Å². The van der Waals surface area contributed by atoms with E-state index in [2.05, 4.69) is 10.0 Å². The van der Waals surface area contributed by atoms with E-state index < -0.39 is 10.0 Å². The molecule has 0 aliphatic heterocycles. The molecule has 1 saturated carbocycles.